The van der Waals surface area contributed by atoms with Crippen LogP contribution in [0.4, 0.5) is 0 Å². The van der Waals surface area contributed by atoms with Crippen LogP contribution in [0, 0.1) is 0 Å². The number of hydrogen-bond acceptors (Lipinski definition) is 2. The molecule has 2 heterocycles. The van der Waals surface area contributed by atoms with Gasteiger partial charge in [0.25, 0.3) is 0 Å². The van der Waals surface area contributed by atoms with Gasteiger partial charge in [-0.25, -0.2) is 0 Å². The Morgan fingerprint density at radius 2 is 2.00 bits per heavy atom. The molecule has 1 spiro atoms. The second-order valence-corrected chi connectivity index (χ2v) is 5.20. The lowest BCUT2D eigenvalue weighted by Gasteiger charge is -2.45. The number of rotatable bonds is 1. The fraction of sp³-hybridized carbons (Fsp3) is 0.500. The monoisotopic (exact) mass is 230 g/mol. The van der Waals surface area contributed by atoms with E-state index >= 15 is 0 Å². The fourth-order valence-corrected chi connectivity index (χ4v) is 3.33. The topological polar surface area (TPSA) is 32.3 Å². The molecule has 3 rings (SSSR count). The van der Waals surface area contributed by atoms with Gasteiger partial charge in [0.15, 0.2) is 0 Å². The van der Waals surface area contributed by atoms with Crippen LogP contribution < -0.4 is 5.32 Å². The van der Waals surface area contributed by atoms with E-state index in [1.807, 2.05) is 4.90 Å². The Kier molecular flexibility index (Phi) is 2.63. The molecule has 1 fully saturated rings. The zero-order chi connectivity index (χ0) is 11.7. The average molecular weight is 230 g/mol. The van der Waals surface area contributed by atoms with E-state index in [9.17, 15) is 4.79 Å². The van der Waals surface area contributed by atoms with Crippen molar-refractivity contribution in [2.24, 2.45) is 0 Å². The maximum absolute atomic E-state index is 11.1. The molecule has 90 valence electrons. The molecular weight excluding hydrogens is 212 g/mol. The summed E-state index contributed by atoms with van der Waals surface area (Å²) in [6.07, 6.45) is 3.27. The molecule has 3 heteroatoms. The molecule has 0 aliphatic carbocycles. The summed E-state index contributed by atoms with van der Waals surface area (Å²) in [5.74, 6) is 0. The van der Waals surface area contributed by atoms with Crippen LogP contribution in [0.2, 0.25) is 0 Å². The lowest BCUT2D eigenvalue weighted by Crippen LogP contribution is -2.50. The molecule has 1 aromatic carbocycles. The summed E-state index contributed by atoms with van der Waals surface area (Å²) >= 11 is 0. The smallest absolute Gasteiger partial charge is 0.210 e. The van der Waals surface area contributed by atoms with Gasteiger partial charge in [-0.15, -0.1) is 0 Å². The first-order valence-corrected chi connectivity index (χ1v) is 6.33. The summed E-state index contributed by atoms with van der Waals surface area (Å²) in [7, 11) is 0. The SMILES string of the molecule is O=CN1Cc2ccccc2C2(CCNCC2)C1. The van der Waals surface area contributed by atoms with Crippen molar-refractivity contribution >= 4 is 6.41 Å². The molecule has 2 aliphatic heterocycles. The van der Waals surface area contributed by atoms with Crippen LogP contribution in [-0.2, 0) is 16.8 Å². The van der Waals surface area contributed by atoms with Crippen molar-refractivity contribution in [2.45, 2.75) is 24.8 Å². The molecule has 0 atom stereocenters. The first-order valence-electron chi connectivity index (χ1n) is 6.33. The highest BCUT2D eigenvalue weighted by atomic mass is 16.1. The number of nitrogens with zero attached hydrogens (tertiary/aromatic N) is 1. The van der Waals surface area contributed by atoms with Crippen LogP contribution >= 0.6 is 0 Å². The number of carbonyl (C=O) groups excluding carboxylic acids is 1. The summed E-state index contributed by atoms with van der Waals surface area (Å²) in [6.45, 7) is 3.77. The molecule has 0 bridgehead atoms. The van der Waals surface area contributed by atoms with Crippen LogP contribution in [0.3, 0.4) is 0 Å². The first kappa shape index (κ1) is 10.8. The first-order chi connectivity index (χ1) is 8.34. The summed E-state index contributed by atoms with van der Waals surface area (Å²) in [5.41, 5.74) is 2.99. The molecule has 0 radical (unpaired) electrons. The minimum absolute atomic E-state index is 0.195. The van der Waals surface area contributed by atoms with E-state index in [1.165, 1.54) is 11.1 Å². The molecule has 1 aromatic rings. The summed E-state index contributed by atoms with van der Waals surface area (Å²) in [5, 5.41) is 3.41. The van der Waals surface area contributed by atoms with E-state index in [0.717, 1.165) is 45.4 Å². The minimum Gasteiger partial charge on any atom is -0.340 e. The Bertz CT molecular complexity index is 424. The van der Waals surface area contributed by atoms with Gasteiger partial charge in [-0.2, -0.15) is 0 Å². The zero-order valence-electron chi connectivity index (χ0n) is 9.98. The average Bonchev–Trinajstić information content (AvgIpc) is 2.40. The van der Waals surface area contributed by atoms with E-state index < -0.39 is 0 Å². The van der Waals surface area contributed by atoms with Gasteiger partial charge in [-0.05, 0) is 37.1 Å². The summed E-state index contributed by atoms with van der Waals surface area (Å²) < 4.78 is 0. The van der Waals surface area contributed by atoms with Gasteiger partial charge < -0.3 is 10.2 Å². The number of carbonyl (C=O) groups is 1. The number of amides is 1. The Hall–Kier alpha value is -1.35. The quantitative estimate of drug-likeness (QED) is 0.737. The molecule has 2 aliphatic rings. The Labute approximate surface area is 102 Å². The van der Waals surface area contributed by atoms with Gasteiger partial charge >= 0.3 is 0 Å². The van der Waals surface area contributed by atoms with E-state index in [1.54, 1.807) is 0 Å². The molecule has 1 N–H and O–H groups in total. The van der Waals surface area contributed by atoms with E-state index in [0.29, 0.717) is 0 Å². The molecule has 3 nitrogen and oxygen atoms in total. The lowest BCUT2D eigenvalue weighted by atomic mass is 9.69. The number of hydrogen-bond donors (Lipinski definition) is 1. The lowest BCUT2D eigenvalue weighted by molar-refractivity contribution is -0.120. The maximum atomic E-state index is 11.1. The largest absolute Gasteiger partial charge is 0.340 e. The number of nitrogens with one attached hydrogen (secondary N) is 1. The number of piperidine rings is 1. The van der Waals surface area contributed by atoms with Gasteiger partial charge in [0, 0.05) is 18.5 Å². The van der Waals surface area contributed by atoms with Crippen LogP contribution in [0.5, 0.6) is 0 Å². The minimum atomic E-state index is 0.195. The number of fused-ring (bicyclic) bond motifs is 2. The Balaban J connectivity index is 2.05. The van der Waals surface area contributed by atoms with Gasteiger partial charge in [0.05, 0.1) is 0 Å². The van der Waals surface area contributed by atoms with Crippen LogP contribution in [0.25, 0.3) is 0 Å². The third-order valence-corrected chi connectivity index (χ3v) is 4.18. The molecule has 0 saturated carbocycles. The standard InChI is InChI=1S/C14H18N2O/c17-11-16-9-12-3-1-2-4-13(12)14(10-16)5-7-15-8-6-14/h1-4,11,15H,5-10H2. The van der Waals surface area contributed by atoms with Crippen molar-refractivity contribution in [3.63, 3.8) is 0 Å². The van der Waals surface area contributed by atoms with E-state index in [2.05, 4.69) is 29.6 Å². The van der Waals surface area contributed by atoms with Crippen molar-refractivity contribution in [3.8, 4) is 0 Å². The third-order valence-electron chi connectivity index (χ3n) is 4.18. The van der Waals surface area contributed by atoms with E-state index in [-0.39, 0.29) is 5.41 Å². The van der Waals surface area contributed by atoms with Gasteiger partial charge in [0.2, 0.25) is 6.41 Å². The summed E-state index contributed by atoms with van der Waals surface area (Å²) in [6, 6.07) is 8.61. The second kappa shape index (κ2) is 4.15. The highest BCUT2D eigenvalue weighted by molar-refractivity contribution is 5.51. The predicted octanol–water partition coefficient (Wildman–Crippen LogP) is 1.28. The predicted molar refractivity (Wildman–Crippen MR) is 66.7 cm³/mol. The molecule has 1 amide bonds. The van der Waals surface area contributed by atoms with Gasteiger partial charge in [0.1, 0.15) is 0 Å². The third kappa shape index (κ3) is 1.75. The zero-order valence-corrected chi connectivity index (χ0v) is 9.98. The molecule has 0 unspecified atom stereocenters. The van der Waals surface area contributed by atoms with Crippen molar-refractivity contribution in [1.82, 2.24) is 10.2 Å². The van der Waals surface area contributed by atoms with Crippen molar-refractivity contribution in [1.29, 1.82) is 0 Å². The van der Waals surface area contributed by atoms with Crippen molar-refractivity contribution in [3.05, 3.63) is 35.4 Å². The van der Waals surface area contributed by atoms with Crippen molar-refractivity contribution < 1.29 is 4.79 Å². The van der Waals surface area contributed by atoms with E-state index in [4.69, 9.17) is 0 Å². The molecule has 17 heavy (non-hydrogen) atoms. The Morgan fingerprint density at radius 3 is 2.76 bits per heavy atom. The second-order valence-electron chi connectivity index (χ2n) is 5.20. The number of benzene rings is 1. The molecular formula is C14H18N2O. The molecule has 0 aromatic heterocycles. The maximum Gasteiger partial charge on any atom is 0.210 e. The van der Waals surface area contributed by atoms with Crippen LogP contribution in [0.15, 0.2) is 24.3 Å². The Morgan fingerprint density at radius 1 is 1.24 bits per heavy atom. The van der Waals surface area contributed by atoms with Gasteiger partial charge in [-0.1, -0.05) is 24.3 Å². The van der Waals surface area contributed by atoms with Crippen LogP contribution in [-0.4, -0.2) is 30.9 Å². The summed E-state index contributed by atoms with van der Waals surface area (Å²) in [4.78, 5) is 13.0. The van der Waals surface area contributed by atoms with Gasteiger partial charge in [-0.3, -0.25) is 4.79 Å². The van der Waals surface area contributed by atoms with Crippen molar-refractivity contribution in [2.75, 3.05) is 19.6 Å². The normalized spacial score (nSPS) is 22.2. The highest BCUT2D eigenvalue weighted by Gasteiger charge is 2.39. The van der Waals surface area contributed by atoms with Crippen LogP contribution in [0.1, 0.15) is 24.0 Å². The fourth-order valence-electron chi connectivity index (χ4n) is 3.33. The highest BCUT2D eigenvalue weighted by Crippen LogP contribution is 2.39. The molecule has 1 saturated heterocycles.